The Hall–Kier alpha value is -6.72. The van der Waals surface area contributed by atoms with Crippen molar-refractivity contribution >= 4 is 0 Å². The first-order chi connectivity index (χ1) is 28.2. The molecular formula is C53H42O4. The fraction of sp³-hybridized carbons (Fsp3) is 0.0943. The number of ether oxygens (including phenoxy) is 2. The fourth-order valence-electron chi connectivity index (χ4n) is 8.52. The molecule has 8 aromatic rings. The second-order valence-electron chi connectivity index (χ2n) is 14.3. The van der Waals surface area contributed by atoms with Gasteiger partial charge in [0.15, 0.2) is 0 Å². The fourth-order valence-corrected chi connectivity index (χ4v) is 8.52. The Morgan fingerprint density at radius 3 is 1.07 bits per heavy atom. The summed E-state index contributed by atoms with van der Waals surface area (Å²) in [6.07, 6.45) is 0. The quantitative estimate of drug-likeness (QED) is 0.131. The number of aliphatic hydroxyl groups is 2. The third-order valence-electron chi connectivity index (χ3n) is 11.0. The van der Waals surface area contributed by atoms with Gasteiger partial charge in [-0.3, -0.25) is 0 Å². The third kappa shape index (κ3) is 6.59. The highest BCUT2D eigenvalue weighted by Crippen LogP contribution is 2.58. The van der Waals surface area contributed by atoms with Gasteiger partial charge in [-0.25, -0.2) is 0 Å². The van der Waals surface area contributed by atoms with Gasteiger partial charge < -0.3 is 19.7 Å². The number of rotatable bonds is 12. The van der Waals surface area contributed by atoms with E-state index < -0.39 is 5.41 Å². The summed E-state index contributed by atoms with van der Waals surface area (Å²) in [5.74, 6) is 1.42. The SMILES string of the molecule is OCCOc1ccc(C2(c3ccc(OCCO)c(-c4ccccc4)c3)c3ccc(-c4ccccc4)cc3-c3cc(-c4ccccc4)ccc32)cc1-c1ccccc1. The van der Waals surface area contributed by atoms with Gasteiger partial charge >= 0.3 is 0 Å². The smallest absolute Gasteiger partial charge is 0.127 e. The first-order valence-electron chi connectivity index (χ1n) is 19.5. The molecule has 1 aliphatic rings. The minimum absolute atomic E-state index is 0.0822. The molecule has 0 atom stereocenters. The van der Waals surface area contributed by atoms with E-state index >= 15 is 0 Å². The van der Waals surface area contributed by atoms with Crippen LogP contribution in [0.15, 0.2) is 194 Å². The van der Waals surface area contributed by atoms with Crippen LogP contribution in [0.3, 0.4) is 0 Å². The predicted octanol–water partition coefficient (Wildman–Crippen LogP) is 11.5. The number of hydrogen-bond acceptors (Lipinski definition) is 4. The molecular weight excluding hydrogens is 701 g/mol. The van der Waals surface area contributed by atoms with Crippen LogP contribution in [-0.2, 0) is 5.41 Å². The van der Waals surface area contributed by atoms with Gasteiger partial charge in [-0.15, -0.1) is 0 Å². The zero-order valence-corrected chi connectivity index (χ0v) is 31.5. The van der Waals surface area contributed by atoms with Crippen LogP contribution in [0.1, 0.15) is 22.3 Å². The summed E-state index contributed by atoms with van der Waals surface area (Å²) in [5, 5.41) is 19.6. The highest BCUT2D eigenvalue weighted by atomic mass is 16.5. The highest BCUT2D eigenvalue weighted by molar-refractivity contribution is 5.92. The summed E-state index contributed by atoms with van der Waals surface area (Å²) in [7, 11) is 0. The maximum absolute atomic E-state index is 9.78. The molecule has 57 heavy (non-hydrogen) atoms. The van der Waals surface area contributed by atoms with Crippen LogP contribution in [-0.4, -0.2) is 36.6 Å². The second-order valence-corrected chi connectivity index (χ2v) is 14.3. The van der Waals surface area contributed by atoms with E-state index in [1.807, 2.05) is 36.4 Å². The monoisotopic (exact) mass is 742 g/mol. The van der Waals surface area contributed by atoms with Crippen LogP contribution >= 0.6 is 0 Å². The molecule has 0 radical (unpaired) electrons. The molecule has 0 aromatic heterocycles. The molecule has 0 aliphatic heterocycles. The standard InChI is InChI=1S/C53H42O4/c54-29-31-56-51-27-23-43(35-45(51)39-17-9-3-10-18-39)53(44-24-28-52(57-32-30-55)46(36-44)40-19-11-4-12-20-40)49-25-21-41(37-13-5-1-6-14-37)33-47(49)48-34-42(22-26-50(48)53)38-15-7-2-8-16-38/h1-28,33-36,54-55H,29-32H2. The molecule has 2 N–H and O–H groups in total. The molecule has 8 aromatic carbocycles. The second kappa shape index (κ2) is 15.8. The van der Waals surface area contributed by atoms with Gasteiger partial charge in [-0.1, -0.05) is 158 Å². The van der Waals surface area contributed by atoms with Crippen molar-refractivity contribution in [3.8, 4) is 67.1 Å². The summed E-state index contributed by atoms with van der Waals surface area (Å²) in [6, 6.07) is 68.6. The molecule has 4 heteroatoms. The van der Waals surface area contributed by atoms with Crippen LogP contribution in [0.25, 0.3) is 55.6 Å². The van der Waals surface area contributed by atoms with Gasteiger partial charge in [0.05, 0.1) is 18.6 Å². The zero-order chi connectivity index (χ0) is 38.6. The summed E-state index contributed by atoms with van der Waals surface area (Å²) < 4.78 is 12.4. The van der Waals surface area contributed by atoms with Gasteiger partial charge in [0.25, 0.3) is 0 Å². The third-order valence-corrected chi connectivity index (χ3v) is 11.0. The van der Waals surface area contributed by atoms with Crippen LogP contribution in [0, 0.1) is 0 Å². The van der Waals surface area contributed by atoms with Gasteiger partial charge in [0.2, 0.25) is 0 Å². The minimum atomic E-state index is -0.771. The largest absolute Gasteiger partial charge is 0.491 e. The van der Waals surface area contributed by atoms with Crippen LogP contribution in [0.4, 0.5) is 0 Å². The molecule has 9 rings (SSSR count). The lowest BCUT2D eigenvalue weighted by Crippen LogP contribution is -2.29. The van der Waals surface area contributed by atoms with Crippen LogP contribution in [0.5, 0.6) is 11.5 Å². The van der Waals surface area contributed by atoms with Gasteiger partial charge in [0, 0.05) is 11.1 Å². The van der Waals surface area contributed by atoms with Crippen molar-refractivity contribution in [1.82, 2.24) is 0 Å². The molecule has 0 bridgehead atoms. The van der Waals surface area contributed by atoms with E-state index in [0.29, 0.717) is 11.5 Å². The van der Waals surface area contributed by atoms with Crippen molar-refractivity contribution in [2.24, 2.45) is 0 Å². The Balaban J connectivity index is 1.38. The van der Waals surface area contributed by atoms with Gasteiger partial charge in [-0.2, -0.15) is 0 Å². The number of fused-ring (bicyclic) bond motifs is 3. The van der Waals surface area contributed by atoms with E-state index in [-0.39, 0.29) is 26.4 Å². The lowest BCUT2D eigenvalue weighted by atomic mass is 9.66. The maximum Gasteiger partial charge on any atom is 0.127 e. The van der Waals surface area contributed by atoms with E-state index in [2.05, 4.69) is 158 Å². The Kier molecular flexibility index (Phi) is 9.96. The lowest BCUT2D eigenvalue weighted by Gasteiger charge is -2.35. The average molecular weight is 743 g/mol. The lowest BCUT2D eigenvalue weighted by molar-refractivity contribution is 0.202. The van der Waals surface area contributed by atoms with Crippen molar-refractivity contribution in [3.05, 3.63) is 216 Å². The molecule has 4 nitrogen and oxygen atoms in total. The Morgan fingerprint density at radius 1 is 0.333 bits per heavy atom. The molecule has 278 valence electrons. The van der Waals surface area contributed by atoms with Crippen molar-refractivity contribution in [3.63, 3.8) is 0 Å². The molecule has 0 spiro atoms. The highest BCUT2D eigenvalue weighted by Gasteiger charge is 2.47. The van der Waals surface area contributed by atoms with E-state index in [1.165, 1.54) is 22.3 Å². The van der Waals surface area contributed by atoms with E-state index in [4.69, 9.17) is 9.47 Å². The van der Waals surface area contributed by atoms with Gasteiger partial charge in [0.1, 0.15) is 24.7 Å². The van der Waals surface area contributed by atoms with Crippen molar-refractivity contribution < 1.29 is 19.7 Å². The Bertz CT molecular complexity index is 2450. The van der Waals surface area contributed by atoms with Crippen LogP contribution in [0.2, 0.25) is 0 Å². The van der Waals surface area contributed by atoms with Crippen molar-refractivity contribution in [1.29, 1.82) is 0 Å². The van der Waals surface area contributed by atoms with Crippen LogP contribution < -0.4 is 9.47 Å². The Labute approximate surface area is 333 Å². The Morgan fingerprint density at radius 2 is 0.702 bits per heavy atom. The van der Waals surface area contributed by atoms with Gasteiger partial charge in [-0.05, 0) is 103 Å². The number of benzene rings is 8. The van der Waals surface area contributed by atoms with E-state index in [9.17, 15) is 10.2 Å². The predicted molar refractivity (Wildman–Crippen MR) is 231 cm³/mol. The molecule has 0 unspecified atom stereocenters. The summed E-state index contributed by atoms with van der Waals surface area (Å²) in [6.45, 7) is 0.217. The van der Waals surface area contributed by atoms with E-state index in [1.54, 1.807) is 0 Å². The topological polar surface area (TPSA) is 58.9 Å². The number of hydrogen-bond donors (Lipinski definition) is 2. The minimum Gasteiger partial charge on any atom is -0.491 e. The first-order valence-corrected chi connectivity index (χ1v) is 19.5. The molecule has 1 aliphatic carbocycles. The zero-order valence-electron chi connectivity index (χ0n) is 31.5. The summed E-state index contributed by atoms with van der Waals surface area (Å²) in [4.78, 5) is 0. The number of aliphatic hydroxyl groups excluding tert-OH is 2. The molecule has 0 saturated heterocycles. The molecule has 0 fully saturated rings. The average Bonchev–Trinajstić information content (AvgIpc) is 3.58. The van der Waals surface area contributed by atoms with E-state index in [0.717, 1.165) is 55.6 Å². The summed E-state index contributed by atoms with van der Waals surface area (Å²) in [5.41, 5.74) is 14.7. The summed E-state index contributed by atoms with van der Waals surface area (Å²) >= 11 is 0. The van der Waals surface area contributed by atoms with Crippen molar-refractivity contribution in [2.45, 2.75) is 5.41 Å². The normalized spacial score (nSPS) is 12.5. The molecule has 0 heterocycles. The first kappa shape index (κ1) is 35.9. The maximum atomic E-state index is 9.78. The van der Waals surface area contributed by atoms with Crippen molar-refractivity contribution in [2.75, 3.05) is 26.4 Å². The molecule has 0 saturated carbocycles. The molecule has 0 amide bonds.